The Morgan fingerprint density at radius 1 is 1.00 bits per heavy atom. The predicted octanol–water partition coefficient (Wildman–Crippen LogP) is 2.11. The molecule has 0 bridgehead atoms. The third kappa shape index (κ3) is 3.34. The zero-order valence-electron chi connectivity index (χ0n) is 16.0. The average Bonchev–Trinajstić information content (AvgIpc) is 3.01. The number of nitrogens with one attached hydrogen (secondary N) is 1. The van der Waals surface area contributed by atoms with Crippen molar-refractivity contribution in [2.45, 2.75) is 36.7 Å². The van der Waals surface area contributed by atoms with Crippen LogP contribution in [0.5, 0.6) is 0 Å². The summed E-state index contributed by atoms with van der Waals surface area (Å²) in [5, 5.41) is 2.77. The second-order valence-corrected chi connectivity index (χ2v) is 9.49. The minimum atomic E-state index is -3.74. The molecule has 0 radical (unpaired) electrons. The van der Waals surface area contributed by atoms with Gasteiger partial charge in [-0.2, -0.15) is 4.31 Å². The third-order valence-corrected chi connectivity index (χ3v) is 7.75. The maximum absolute atomic E-state index is 13.3. The van der Waals surface area contributed by atoms with Crippen LogP contribution >= 0.6 is 0 Å². The third-order valence-electron chi connectivity index (χ3n) is 5.82. The fraction of sp³-hybridized carbons (Fsp3) is 0.381. The van der Waals surface area contributed by atoms with Gasteiger partial charge in [0.05, 0.1) is 11.6 Å². The van der Waals surface area contributed by atoms with Crippen LogP contribution in [-0.2, 0) is 21.4 Å². The van der Waals surface area contributed by atoms with Gasteiger partial charge in [-0.25, -0.2) is 8.42 Å². The molecule has 6 nitrogen and oxygen atoms in total. The highest BCUT2D eigenvalue weighted by Gasteiger charge is 2.55. The molecule has 2 fully saturated rings. The van der Waals surface area contributed by atoms with Crippen molar-refractivity contribution in [2.24, 2.45) is 0 Å². The van der Waals surface area contributed by atoms with Crippen molar-refractivity contribution in [1.29, 1.82) is 0 Å². The smallest absolute Gasteiger partial charge is 0.245 e. The van der Waals surface area contributed by atoms with E-state index in [0.29, 0.717) is 25.9 Å². The van der Waals surface area contributed by atoms with Crippen molar-refractivity contribution in [3.63, 3.8) is 0 Å². The lowest BCUT2D eigenvalue weighted by atomic mass is 9.87. The second kappa shape index (κ2) is 7.31. The number of benzene rings is 2. The van der Waals surface area contributed by atoms with Crippen molar-refractivity contribution < 1.29 is 13.2 Å². The van der Waals surface area contributed by atoms with Crippen LogP contribution in [0.25, 0.3) is 0 Å². The summed E-state index contributed by atoms with van der Waals surface area (Å²) in [5.41, 5.74) is 1.23. The number of hydrogen-bond donors (Lipinski definition) is 1. The SMILES string of the molecule is Cc1ccc(S(=O)(=O)N2CNC(=O)C23CCN(Cc2ccccc2)CC3)cc1. The second-order valence-electron chi connectivity index (χ2n) is 7.62. The maximum Gasteiger partial charge on any atom is 0.245 e. The Hall–Kier alpha value is -2.22. The molecule has 0 atom stereocenters. The monoisotopic (exact) mass is 399 g/mol. The first-order valence-corrected chi connectivity index (χ1v) is 11.0. The lowest BCUT2D eigenvalue weighted by Gasteiger charge is -2.41. The van der Waals surface area contributed by atoms with E-state index in [4.69, 9.17) is 0 Å². The van der Waals surface area contributed by atoms with Crippen LogP contribution in [0.3, 0.4) is 0 Å². The molecule has 1 spiro atoms. The Kier molecular flexibility index (Phi) is 4.99. The summed E-state index contributed by atoms with van der Waals surface area (Å²) in [5.74, 6) is -0.178. The van der Waals surface area contributed by atoms with E-state index in [1.54, 1.807) is 24.3 Å². The van der Waals surface area contributed by atoms with E-state index in [9.17, 15) is 13.2 Å². The van der Waals surface area contributed by atoms with Gasteiger partial charge >= 0.3 is 0 Å². The molecule has 2 heterocycles. The highest BCUT2D eigenvalue weighted by atomic mass is 32.2. The van der Waals surface area contributed by atoms with Crippen LogP contribution in [0.2, 0.25) is 0 Å². The fourth-order valence-corrected chi connectivity index (χ4v) is 5.82. The van der Waals surface area contributed by atoms with Gasteiger partial charge in [-0.1, -0.05) is 48.0 Å². The molecule has 2 aromatic rings. The first kappa shape index (κ1) is 19.1. The minimum absolute atomic E-state index is 0.0354. The van der Waals surface area contributed by atoms with E-state index < -0.39 is 15.6 Å². The Morgan fingerprint density at radius 3 is 2.29 bits per heavy atom. The zero-order chi connectivity index (χ0) is 19.8. The van der Waals surface area contributed by atoms with Gasteiger partial charge in [-0.3, -0.25) is 9.69 Å². The number of nitrogens with zero attached hydrogens (tertiary/aromatic N) is 2. The largest absolute Gasteiger partial charge is 0.341 e. The summed E-state index contributed by atoms with van der Waals surface area (Å²) in [7, 11) is -3.74. The summed E-state index contributed by atoms with van der Waals surface area (Å²) < 4.78 is 27.9. The number of aryl methyl sites for hydroxylation is 1. The van der Waals surface area contributed by atoms with Gasteiger partial charge in [-0.15, -0.1) is 0 Å². The van der Waals surface area contributed by atoms with Crippen molar-refractivity contribution in [3.8, 4) is 0 Å². The molecule has 0 aromatic heterocycles. The molecule has 0 saturated carbocycles. The number of piperidine rings is 1. The molecule has 2 aliphatic heterocycles. The van der Waals surface area contributed by atoms with E-state index in [1.807, 2.05) is 25.1 Å². The molecule has 1 N–H and O–H groups in total. The molecule has 0 unspecified atom stereocenters. The number of hydrogen-bond acceptors (Lipinski definition) is 4. The predicted molar refractivity (Wildman–Crippen MR) is 107 cm³/mol. The summed E-state index contributed by atoms with van der Waals surface area (Å²) in [4.78, 5) is 15.2. The Labute approximate surface area is 166 Å². The van der Waals surface area contributed by atoms with Crippen molar-refractivity contribution in [3.05, 3.63) is 65.7 Å². The molecular weight excluding hydrogens is 374 g/mol. The average molecular weight is 400 g/mol. The van der Waals surface area contributed by atoms with E-state index in [-0.39, 0.29) is 17.5 Å². The van der Waals surface area contributed by atoms with Gasteiger partial charge in [0.15, 0.2) is 0 Å². The highest BCUT2D eigenvalue weighted by Crippen LogP contribution is 2.37. The maximum atomic E-state index is 13.3. The quantitative estimate of drug-likeness (QED) is 0.855. The lowest BCUT2D eigenvalue weighted by molar-refractivity contribution is -0.127. The van der Waals surface area contributed by atoms with Crippen molar-refractivity contribution >= 4 is 15.9 Å². The number of carbonyl (C=O) groups excluding carboxylic acids is 1. The van der Waals surface area contributed by atoms with Gasteiger partial charge < -0.3 is 5.32 Å². The number of carbonyl (C=O) groups is 1. The first-order chi connectivity index (χ1) is 13.4. The molecule has 1 amide bonds. The minimum Gasteiger partial charge on any atom is -0.341 e. The number of likely N-dealkylation sites (tertiary alicyclic amines) is 1. The van der Waals surface area contributed by atoms with Crippen LogP contribution < -0.4 is 5.32 Å². The van der Waals surface area contributed by atoms with E-state index in [0.717, 1.165) is 12.1 Å². The molecule has 2 aliphatic rings. The lowest BCUT2D eigenvalue weighted by Crippen LogP contribution is -2.57. The van der Waals surface area contributed by atoms with E-state index in [1.165, 1.54) is 9.87 Å². The molecule has 7 heteroatoms. The van der Waals surface area contributed by atoms with E-state index in [2.05, 4.69) is 22.3 Å². The van der Waals surface area contributed by atoms with Crippen molar-refractivity contribution in [1.82, 2.24) is 14.5 Å². The molecule has 148 valence electrons. The highest BCUT2D eigenvalue weighted by molar-refractivity contribution is 7.89. The molecule has 2 saturated heterocycles. The normalized spacial score (nSPS) is 20.4. The number of sulfonamides is 1. The molecule has 4 rings (SSSR count). The molecular formula is C21H25N3O3S. The Morgan fingerprint density at radius 2 is 1.64 bits per heavy atom. The van der Waals surface area contributed by atoms with Gasteiger partial charge in [-0.05, 0) is 37.5 Å². The standard InChI is InChI=1S/C21H25N3O3S/c1-17-7-9-19(10-8-17)28(26,27)24-16-22-20(25)21(24)11-13-23(14-12-21)15-18-5-3-2-4-6-18/h2-10H,11-16H2,1H3,(H,22,25). The van der Waals surface area contributed by atoms with Crippen LogP contribution in [0.4, 0.5) is 0 Å². The van der Waals surface area contributed by atoms with Crippen LogP contribution in [0.15, 0.2) is 59.5 Å². The Balaban J connectivity index is 1.54. The fourth-order valence-electron chi connectivity index (χ4n) is 4.12. The van der Waals surface area contributed by atoms with Gasteiger partial charge in [0.1, 0.15) is 5.54 Å². The van der Waals surface area contributed by atoms with E-state index >= 15 is 0 Å². The summed E-state index contributed by atoms with van der Waals surface area (Å²) in [6, 6.07) is 17.0. The van der Waals surface area contributed by atoms with Gasteiger partial charge in [0.25, 0.3) is 0 Å². The van der Waals surface area contributed by atoms with Gasteiger partial charge in [0.2, 0.25) is 15.9 Å². The number of rotatable bonds is 4. The Bertz CT molecular complexity index is 950. The summed E-state index contributed by atoms with van der Waals surface area (Å²) in [6.45, 7) is 4.13. The zero-order valence-corrected chi connectivity index (χ0v) is 16.8. The topological polar surface area (TPSA) is 69.7 Å². The molecule has 28 heavy (non-hydrogen) atoms. The molecule has 2 aromatic carbocycles. The van der Waals surface area contributed by atoms with Crippen LogP contribution in [0.1, 0.15) is 24.0 Å². The summed E-state index contributed by atoms with van der Waals surface area (Å²) in [6.07, 6.45) is 0.994. The van der Waals surface area contributed by atoms with Crippen molar-refractivity contribution in [2.75, 3.05) is 19.8 Å². The molecule has 0 aliphatic carbocycles. The summed E-state index contributed by atoms with van der Waals surface area (Å²) >= 11 is 0. The first-order valence-electron chi connectivity index (χ1n) is 9.56. The van der Waals surface area contributed by atoms with Gasteiger partial charge in [0, 0.05) is 19.6 Å². The number of amides is 1. The van der Waals surface area contributed by atoms with Crippen LogP contribution in [-0.4, -0.2) is 48.8 Å². The van der Waals surface area contributed by atoms with Crippen LogP contribution in [0, 0.1) is 6.92 Å².